The third-order valence-electron chi connectivity index (χ3n) is 1.85. The summed E-state index contributed by atoms with van der Waals surface area (Å²) in [4.78, 5) is 0. The highest BCUT2D eigenvalue weighted by Crippen LogP contribution is 2.07. The summed E-state index contributed by atoms with van der Waals surface area (Å²) in [5, 5.41) is -0.309. The molecule has 0 rings (SSSR count). The van der Waals surface area contributed by atoms with Crippen LogP contribution in [0.5, 0.6) is 0 Å². The summed E-state index contributed by atoms with van der Waals surface area (Å²) in [6.45, 7) is 2.63. The van der Waals surface area contributed by atoms with E-state index in [0.717, 1.165) is 19.1 Å². The van der Waals surface area contributed by atoms with Gasteiger partial charge in [0.15, 0.2) is 14.9 Å². The van der Waals surface area contributed by atoms with Crippen molar-refractivity contribution < 1.29 is 16.8 Å². The molecule has 0 fully saturated rings. The molecule has 98 valence electrons. The van der Waals surface area contributed by atoms with Crippen molar-refractivity contribution in [2.45, 2.75) is 19.8 Å². The Morgan fingerprint density at radius 3 is 2.06 bits per heavy atom. The molecule has 0 bridgehead atoms. The van der Waals surface area contributed by atoms with Gasteiger partial charge in [0, 0.05) is 24.7 Å². The molecule has 0 unspecified atom stereocenters. The Labute approximate surface area is 106 Å². The molecule has 0 saturated carbocycles. The van der Waals surface area contributed by atoms with Gasteiger partial charge in [-0.25, -0.2) is 21.1 Å². The Morgan fingerprint density at radius 2 is 1.69 bits per heavy atom. The van der Waals surface area contributed by atoms with Crippen molar-refractivity contribution in [2.24, 2.45) is 0 Å². The molecule has 0 aliphatic carbocycles. The second-order valence-corrected chi connectivity index (χ2v) is 8.86. The van der Waals surface area contributed by atoms with E-state index in [1.165, 1.54) is 4.31 Å². The minimum Gasteiger partial charge on any atom is -0.228 e. The van der Waals surface area contributed by atoms with E-state index in [2.05, 4.69) is 15.9 Å². The van der Waals surface area contributed by atoms with E-state index in [9.17, 15) is 16.8 Å². The Hall–Kier alpha value is 0.340. The Kier molecular flexibility index (Phi) is 7.07. The summed E-state index contributed by atoms with van der Waals surface area (Å²) >= 11 is 3.16. The molecule has 0 atom stereocenters. The highest BCUT2D eigenvalue weighted by Gasteiger charge is 2.25. The third kappa shape index (κ3) is 6.82. The first kappa shape index (κ1) is 16.3. The standard InChI is InChI=1S/C8H18BrNO4S2/c1-3-4-6-10(7-5-9)16(13,14)8-15(2,11)12/h3-8H2,1-2H3. The number of hydrogen-bond donors (Lipinski definition) is 0. The summed E-state index contributed by atoms with van der Waals surface area (Å²) in [6, 6.07) is 0. The number of halogens is 1. The van der Waals surface area contributed by atoms with Crippen molar-refractivity contribution in [3.63, 3.8) is 0 Å². The zero-order chi connectivity index (χ0) is 12.8. The molecular formula is C8H18BrNO4S2. The van der Waals surface area contributed by atoms with E-state index >= 15 is 0 Å². The number of unbranched alkanes of at least 4 members (excludes halogenated alkanes) is 1. The fourth-order valence-corrected chi connectivity index (χ4v) is 5.36. The normalized spacial score (nSPS) is 13.2. The Bertz CT molecular complexity index is 390. The van der Waals surface area contributed by atoms with Crippen LogP contribution < -0.4 is 0 Å². The number of sulfone groups is 1. The highest BCUT2D eigenvalue weighted by atomic mass is 79.9. The largest absolute Gasteiger partial charge is 0.228 e. The minimum atomic E-state index is -3.70. The predicted octanol–water partition coefficient (Wildman–Crippen LogP) is 0.815. The van der Waals surface area contributed by atoms with Crippen molar-refractivity contribution in [1.82, 2.24) is 4.31 Å². The Morgan fingerprint density at radius 1 is 1.12 bits per heavy atom. The van der Waals surface area contributed by atoms with Crippen LogP contribution in [0.1, 0.15) is 19.8 Å². The Balaban J connectivity index is 4.75. The molecule has 8 heteroatoms. The van der Waals surface area contributed by atoms with Gasteiger partial charge in [0.05, 0.1) is 0 Å². The topological polar surface area (TPSA) is 71.5 Å². The van der Waals surface area contributed by atoms with Crippen molar-refractivity contribution in [1.29, 1.82) is 0 Å². The van der Waals surface area contributed by atoms with Crippen LogP contribution in [-0.4, -0.2) is 50.9 Å². The molecule has 0 aromatic carbocycles. The summed E-state index contributed by atoms with van der Waals surface area (Å²) < 4.78 is 46.8. The van der Waals surface area contributed by atoms with Gasteiger partial charge in [-0.2, -0.15) is 0 Å². The van der Waals surface area contributed by atoms with Crippen molar-refractivity contribution in [2.75, 3.05) is 29.8 Å². The van der Waals surface area contributed by atoms with E-state index in [4.69, 9.17) is 0 Å². The molecule has 0 radical (unpaired) electrons. The first-order valence-electron chi connectivity index (χ1n) is 4.94. The second kappa shape index (κ2) is 6.93. The maximum Gasteiger partial charge on any atom is 0.228 e. The van der Waals surface area contributed by atoms with Crippen molar-refractivity contribution >= 4 is 35.8 Å². The molecule has 0 saturated heterocycles. The summed E-state index contributed by atoms with van der Waals surface area (Å²) in [5.74, 6) is 0. The van der Waals surface area contributed by atoms with E-state index in [-0.39, 0.29) is 0 Å². The average molecular weight is 336 g/mol. The lowest BCUT2D eigenvalue weighted by Crippen LogP contribution is -2.37. The third-order valence-corrected chi connectivity index (χ3v) is 6.26. The fourth-order valence-electron chi connectivity index (χ4n) is 1.16. The van der Waals surface area contributed by atoms with Gasteiger partial charge in [0.25, 0.3) is 0 Å². The summed E-state index contributed by atoms with van der Waals surface area (Å²) in [7, 11) is -7.21. The number of sulfonamides is 1. The smallest absolute Gasteiger partial charge is 0.228 e. The van der Waals surface area contributed by atoms with Crippen LogP contribution in [0.3, 0.4) is 0 Å². The van der Waals surface area contributed by atoms with Crippen molar-refractivity contribution in [3.8, 4) is 0 Å². The van der Waals surface area contributed by atoms with Gasteiger partial charge < -0.3 is 0 Å². The van der Waals surface area contributed by atoms with Gasteiger partial charge >= 0.3 is 0 Å². The number of nitrogens with zero attached hydrogens (tertiary/aromatic N) is 1. The molecule has 0 N–H and O–H groups in total. The lowest BCUT2D eigenvalue weighted by atomic mass is 10.3. The van der Waals surface area contributed by atoms with Crippen LogP contribution in [-0.2, 0) is 19.9 Å². The molecule has 0 amide bonds. The molecule has 0 aromatic heterocycles. The predicted molar refractivity (Wildman–Crippen MR) is 68.9 cm³/mol. The number of rotatable bonds is 8. The number of hydrogen-bond acceptors (Lipinski definition) is 4. The van der Waals surface area contributed by atoms with Gasteiger partial charge in [-0.05, 0) is 6.42 Å². The molecule has 16 heavy (non-hydrogen) atoms. The van der Waals surface area contributed by atoms with Gasteiger partial charge in [0.1, 0.15) is 0 Å². The minimum absolute atomic E-state index is 0.303. The molecular weight excluding hydrogens is 318 g/mol. The quantitative estimate of drug-likeness (QED) is 0.615. The van der Waals surface area contributed by atoms with Gasteiger partial charge in [-0.3, -0.25) is 0 Å². The SMILES string of the molecule is CCCCN(CCBr)S(=O)(=O)CS(C)(=O)=O. The molecule has 0 heterocycles. The zero-order valence-corrected chi connectivity index (χ0v) is 12.7. The first-order valence-corrected chi connectivity index (χ1v) is 9.73. The molecule has 0 aliphatic heterocycles. The van der Waals surface area contributed by atoms with Crippen molar-refractivity contribution in [3.05, 3.63) is 0 Å². The number of alkyl halides is 1. The van der Waals surface area contributed by atoms with Crippen LogP contribution in [0, 0.1) is 0 Å². The van der Waals surface area contributed by atoms with Crippen LogP contribution in [0.4, 0.5) is 0 Å². The van der Waals surface area contributed by atoms with E-state index in [1.807, 2.05) is 6.92 Å². The first-order chi connectivity index (χ1) is 7.23. The lowest BCUT2D eigenvalue weighted by Gasteiger charge is -2.20. The van der Waals surface area contributed by atoms with Crippen LogP contribution in [0.2, 0.25) is 0 Å². The monoisotopic (exact) mass is 335 g/mol. The lowest BCUT2D eigenvalue weighted by molar-refractivity contribution is 0.424. The maximum absolute atomic E-state index is 11.8. The highest BCUT2D eigenvalue weighted by molar-refractivity contribution is 9.09. The molecule has 0 aromatic rings. The van der Waals surface area contributed by atoms with E-state index in [0.29, 0.717) is 18.4 Å². The molecule has 5 nitrogen and oxygen atoms in total. The summed E-state index contributed by atoms with van der Waals surface area (Å²) in [6.07, 6.45) is 2.53. The molecule has 0 aliphatic rings. The molecule has 0 spiro atoms. The summed E-state index contributed by atoms with van der Waals surface area (Å²) in [5.41, 5.74) is 0. The van der Waals surface area contributed by atoms with Gasteiger partial charge in [-0.15, -0.1) is 0 Å². The second-order valence-electron chi connectivity index (χ2n) is 3.60. The van der Waals surface area contributed by atoms with Gasteiger partial charge in [-0.1, -0.05) is 29.3 Å². The zero-order valence-electron chi connectivity index (χ0n) is 9.52. The van der Waals surface area contributed by atoms with Crippen LogP contribution in [0.25, 0.3) is 0 Å². The van der Waals surface area contributed by atoms with E-state index in [1.54, 1.807) is 0 Å². The van der Waals surface area contributed by atoms with E-state index < -0.39 is 24.9 Å². The van der Waals surface area contributed by atoms with Crippen LogP contribution in [0.15, 0.2) is 0 Å². The average Bonchev–Trinajstić information content (AvgIpc) is 2.07. The van der Waals surface area contributed by atoms with Gasteiger partial charge in [0.2, 0.25) is 10.0 Å². The van der Waals surface area contributed by atoms with Crippen LogP contribution >= 0.6 is 15.9 Å². The maximum atomic E-state index is 11.8. The fraction of sp³-hybridized carbons (Fsp3) is 1.00.